The van der Waals surface area contributed by atoms with Gasteiger partial charge in [-0.2, -0.15) is 0 Å². The van der Waals surface area contributed by atoms with E-state index in [2.05, 4.69) is 5.32 Å². The molecule has 3 aromatic carbocycles. The number of amides is 2. The third kappa shape index (κ3) is 6.81. The molecule has 37 heavy (non-hydrogen) atoms. The summed E-state index contributed by atoms with van der Waals surface area (Å²) < 4.78 is 33.7. The molecule has 2 amide bonds. The number of nitrogens with zero attached hydrogens (tertiary/aromatic N) is 2. The van der Waals surface area contributed by atoms with Crippen molar-refractivity contribution in [2.45, 2.75) is 30.8 Å². The first-order valence-electron chi connectivity index (χ1n) is 11.7. The summed E-state index contributed by atoms with van der Waals surface area (Å²) in [6, 6.07) is 20.5. The van der Waals surface area contributed by atoms with Crippen LogP contribution < -0.4 is 14.4 Å². The van der Waals surface area contributed by atoms with E-state index in [9.17, 15) is 18.0 Å². The fourth-order valence-electron chi connectivity index (χ4n) is 3.88. The molecule has 0 radical (unpaired) electrons. The predicted octanol–water partition coefficient (Wildman–Crippen LogP) is 4.10. The van der Waals surface area contributed by atoms with E-state index in [0.29, 0.717) is 17.2 Å². The van der Waals surface area contributed by atoms with Gasteiger partial charge in [0.15, 0.2) is 0 Å². The van der Waals surface area contributed by atoms with Crippen molar-refractivity contribution in [3.63, 3.8) is 0 Å². The number of sulfonamides is 1. The minimum Gasteiger partial charge on any atom is -0.497 e. The second-order valence-electron chi connectivity index (χ2n) is 8.21. The molecule has 3 rings (SSSR count). The molecule has 10 heteroatoms. The average molecular weight is 544 g/mol. The number of anilines is 1. The van der Waals surface area contributed by atoms with Gasteiger partial charge in [-0.15, -0.1) is 0 Å². The highest BCUT2D eigenvalue weighted by Gasteiger charge is 2.33. The van der Waals surface area contributed by atoms with Crippen LogP contribution in [0.5, 0.6) is 5.75 Å². The Hall–Kier alpha value is -3.56. The highest BCUT2D eigenvalue weighted by atomic mass is 35.5. The number of halogens is 1. The maximum Gasteiger partial charge on any atom is 0.264 e. The second-order valence-corrected chi connectivity index (χ2v) is 10.5. The van der Waals surface area contributed by atoms with Crippen molar-refractivity contribution >= 4 is 39.1 Å². The Morgan fingerprint density at radius 1 is 0.973 bits per heavy atom. The molecule has 0 aliphatic heterocycles. The third-order valence-corrected chi connectivity index (χ3v) is 7.91. The number of hydrogen-bond acceptors (Lipinski definition) is 5. The number of ether oxygens (including phenoxy) is 1. The summed E-state index contributed by atoms with van der Waals surface area (Å²) in [5.74, 6) is -0.354. The standard InChI is InChI=1S/C27H30ClN3O5S/c1-4-25(27(33)29-2)30(18-20-8-6-5-7-9-20)26(32)19-31(22-12-10-21(28)11-13-22)37(34,35)24-16-14-23(36-3)15-17-24/h5-17,25H,4,18-19H2,1-3H3,(H,29,33). The quantitative estimate of drug-likeness (QED) is 0.393. The maximum absolute atomic E-state index is 13.8. The molecule has 1 N–H and O–H groups in total. The Kier molecular flexibility index (Phi) is 9.54. The van der Waals surface area contributed by atoms with Crippen molar-refractivity contribution in [3.05, 3.63) is 89.4 Å². The number of hydrogen-bond donors (Lipinski definition) is 1. The maximum atomic E-state index is 13.8. The molecule has 3 aromatic rings. The van der Waals surface area contributed by atoms with Crippen LogP contribution in [0.15, 0.2) is 83.8 Å². The van der Waals surface area contributed by atoms with Gasteiger partial charge in [-0.25, -0.2) is 8.42 Å². The second kappa shape index (κ2) is 12.6. The van der Waals surface area contributed by atoms with Crippen molar-refractivity contribution in [2.24, 2.45) is 0 Å². The zero-order valence-corrected chi connectivity index (χ0v) is 22.5. The van der Waals surface area contributed by atoms with Crippen LogP contribution in [0.2, 0.25) is 5.02 Å². The van der Waals surface area contributed by atoms with Gasteiger partial charge in [0, 0.05) is 18.6 Å². The van der Waals surface area contributed by atoms with Crippen LogP contribution in [0.25, 0.3) is 0 Å². The Balaban J connectivity index is 2.04. The van der Waals surface area contributed by atoms with Crippen molar-refractivity contribution in [1.82, 2.24) is 10.2 Å². The highest BCUT2D eigenvalue weighted by Crippen LogP contribution is 2.27. The van der Waals surface area contributed by atoms with E-state index in [0.717, 1.165) is 9.87 Å². The lowest BCUT2D eigenvalue weighted by Crippen LogP contribution is -2.51. The summed E-state index contributed by atoms with van der Waals surface area (Å²) in [5.41, 5.74) is 1.08. The minimum atomic E-state index is -4.16. The number of carbonyl (C=O) groups is 2. The summed E-state index contributed by atoms with van der Waals surface area (Å²) >= 11 is 6.04. The molecule has 0 saturated carbocycles. The molecule has 0 fully saturated rings. The van der Waals surface area contributed by atoms with Gasteiger partial charge in [-0.1, -0.05) is 48.9 Å². The Morgan fingerprint density at radius 3 is 2.14 bits per heavy atom. The highest BCUT2D eigenvalue weighted by molar-refractivity contribution is 7.92. The largest absolute Gasteiger partial charge is 0.497 e. The first kappa shape index (κ1) is 28.0. The monoisotopic (exact) mass is 543 g/mol. The molecule has 0 aliphatic carbocycles. The first-order valence-corrected chi connectivity index (χ1v) is 13.5. The minimum absolute atomic E-state index is 0.0102. The Morgan fingerprint density at radius 2 is 1.59 bits per heavy atom. The molecule has 0 aliphatic rings. The molecule has 196 valence electrons. The number of rotatable bonds is 11. The molecule has 0 heterocycles. The number of nitrogens with one attached hydrogen (secondary N) is 1. The molecule has 0 bridgehead atoms. The molecule has 0 aromatic heterocycles. The van der Waals surface area contributed by atoms with Crippen LogP contribution in [-0.4, -0.2) is 51.9 Å². The van der Waals surface area contributed by atoms with E-state index in [1.165, 1.54) is 55.5 Å². The normalized spacial score (nSPS) is 11.9. The van der Waals surface area contributed by atoms with Gasteiger partial charge < -0.3 is 15.0 Å². The van der Waals surface area contributed by atoms with Crippen LogP contribution in [0.1, 0.15) is 18.9 Å². The van der Waals surface area contributed by atoms with Gasteiger partial charge in [0.2, 0.25) is 11.8 Å². The summed E-state index contributed by atoms with van der Waals surface area (Å²) in [5, 5.41) is 3.03. The van der Waals surface area contributed by atoms with E-state index >= 15 is 0 Å². The van der Waals surface area contributed by atoms with Crippen LogP contribution in [0.3, 0.4) is 0 Å². The van der Waals surface area contributed by atoms with Crippen LogP contribution in [0.4, 0.5) is 5.69 Å². The van der Waals surface area contributed by atoms with Crippen LogP contribution in [0, 0.1) is 0 Å². The van der Waals surface area contributed by atoms with E-state index in [1.54, 1.807) is 19.1 Å². The van der Waals surface area contributed by atoms with Crippen LogP contribution >= 0.6 is 11.6 Å². The smallest absolute Gasteiger partial charge is 0.264 e. The molecule has 1 atom stereocenters. The lowest BCUT2D eigenvalue weighted by atomic mass is 10.1. The summed E-state index contributed by atoms with van der Waals surface area (Å²) in [6.07, 6.45) is 0.352. The molecular weight excluding hydrogens is 514 g/mol. The van der Waals surface area contributed by atoms with E-state index in [-0.39, 0.29) is 23.0 Å². The number of carbonyl (C=O) groups excluding carboxylic acids is 2. The fourth-order valence-corrected chi connectivity index (χ4v) is 5.42. The van der Waals surface area contributed by atoms with Gasteiger partial charge in [0.1, 0.15) is 18.3 Å². The van der Waals surface area contributed by atoms with E-state index < -0.39 is 28.5 Å². The molecule has 8 nitrogen and oxygen atoms in total. The van der Waals surface area contributed by atoms with Crippen molar-refractivity contribution in [2.75, 3.05) is 25.0 Å². The van der Waals surface area contributed by atoms with Gasteiger partial charge in [-0.3, -0.25) is 13.9 Å². The molecular formula is C27H30ClN3O5S. The summed E-state index contributed by atoms with van der Waals surface area (Å²) in [4.78, 5) is 27.9. The van der Waals surface area contributed by atoms with Gasteiger partial charge in [0.25, 0.3) is 10.0 Å². The van der Waals surface area contributed by atoms with Gasteiger partial charge in [0.05, 0.1) is 17.7 Å². The van der Waals surface area contributed by atoms with Crippen LogP contribution in [-0.2, 0) is 26.2 Å². The predicted molar refractivity (Wildman–Crippen MR) is 144 cm³/mol. The van der Waals surface area contributed by atoms with Crippen molar-refractivity contribution < 1.29 is 22.7 Å². The van der Waals surface area contributed by atoms with Gasteiger partial charge >= 0.3 is 0 Å². The Labute approximate surface area is 222 Å². The average Bonchev–Trinajstić information content (AvgIpc) is 2.92. The SMILES string of the molecule is CCC(C(=O)NC)N(Cc1ccccc1)C(=O)CN(c1ccc(Cl)cc1)S(=O)(=O)c1ccc(OC)cc1. The van der Waals surface area contributed by atoms with Gasteiger partial charge in [-0.05, 0) is 60.5 Å². The van der Waals surface area contributed by atoms with Crippen molar-refractivity contribution in [3.8, 4) is 5.75 Å². The topological polar surface area (TPSA) is 96.0 Å². The number of methoxy groups -OCH3 is 1. The third-order valence-electron chi connectivity index (χ3n) is 5.87. The fraction of sp³-hybridized carbons (Fsp3) is 0.259. The Bertz CT molecular complexity index is 1300. The summed E-state index contributed by atoms with van der Waals surface area (Å²) in [7, 11) is -1.17. The molecule has 0 saturated heterocycles. The molecule has 0 spiro atoms. The number of benzene rings is 3. The van der Waals surface area contributed by atoms with E-state index in [1.807, 2.05) is 30.3 Å². The zero-order chi connectivity index (χ0) is 27.0. The van der Waals surface area contributed by atoms with E-state index in [4.69, 9.17) is 16.3 Å². The molecule has 1 unspecified atom stereocenters. The summed E-state index contributed by atoms with van der Waals surface area (Å²) in [6.45, 7) is 1.43. The number of likely N-dealkylation sites (N-methyl/N-ethyl adjacent to an activating group) is 1. The van der Waals surface area contributed by atoms with Crippen molar-refractivity contribution in [1.29, 1.82) is 0 Å². The lowest BCUT2D eigenvalue weighted by Gasteiger charge is -2.33. The zero-order valence-electron chi connectivity index (χ0n) is 20.9. The first-order chi connectivity index (χ1) is 17.7. The lowest BCUT2D eigenvalue weighted by molar-refractivity contribution is -0.140.